The van der Waals surface area contributed by atoms with Gasteiger partial charge in [-0.25, -0.2) is 0 Å². The SMILES string of the molecule is COc1ccccc1C(NN)C1CCOC2(CCC2)C1. The minimum absolute atomic E-state index is 0.132. The predicted octanol–water partition coefficient (Wildman–Crippen LogP) is 2.55. The molecule has 110 valence electrons. The van der Waals surface area contributed by atoms with Crippen molar-refractivity contribution in [1.29, 1.82) is 0 Å². The van der Waals surface area contributed by atoms with Gasteiger partial charge >= 0.3 is 0 Å². The number of benzene rings is 1. The van der Waals surface area contributed by atoms with Gasteiger partial charge in [0.1, 0.15) is 5.75 Å². The molecule has 3 rings (SSSR count). The Morgan fingerprint density at radius 1 is 1.40 bits per heavy atom. The summed E-state index contributed by atoms with van der Waals surface area (Å²) in [6, 6.07) is 8.27. The van der Waals surface area contributed by atoms with E-state index in [1.165, 1.54) is 19.3 Å². The molecule has 4 nitrogen and oxygen atoms in total. The monoisotopic (exact) mass is 276 g/mol. The van der Waals surface area contributed by atoms with Gasteiger partial charge in [0.15, 0.2) is 0 Å². The first-order valence-corrected chi connectivity index (χ1v) is 7.51. The van der Waals surface area contributed by atoms with Crippen LogP contribution in [0.25, 0.3) is 0 Å². The van der Waals surface area contributed by atoms with Crippen molar-refractivity contribution >= 4 is 0 Å². The van der Waals surface area contributed by atoms with E-state index in [-0.39, 0.29) is 11.6 Å². The molecule has 20 heavy (non-hydrogen) atoms. The van der Waals surface area contributed by atoms with E-state index < -0.39 is 0 Å². The van der Waals surface area contributed by atoms with Crippen molar-refractivity contribution in [2.24, 2.45) is 11.8 Å². The number of para-hydroxylation sites is 1. The molecular weight excluding hydrogens is 252 g/mol. The lowest BCUT2D eigenvalue weighted by molar-refractivity contribution is -0.147. The fraction of sp³-hybridized carbons (Fsp3) is 0.625. The van der Waals surface area contributed by atoms with Crippen molar-refractivity contribution in [3.05, 3.63) is 29.8 Å². The van der Waals surface area contributed by atoms with Crippen LogP contribution in [0.3, 0.4) is 0 Å². The highest BCUT2D eigenvalue weighted by molar-refractivity contribution is 5.36. The van der Waals surface area contributed by atoms with Gasteiger partial charge in [-0.05, 0) is 44.1 Å². The highest BCUT2D eigenvalue weighted by atomic mass is 16.5. The first-order valence-electron chi connectivity index (χ1n) is 7.51. The van der Waals surface area contributed by atoms with Gasteiger partial charge in [-0.3, -0.25) is 11.3 Å². The Morgan fingerprint density at radius 2 is 2.20 bits per heavy atom. The molecule has 0 aromatic heterocycles. The first-order chi connectivity index (χ1) is 9.78. The van der Waals surface area contributed by atoms with Crippen LogP contribution in [0.5, 0.6) is 5.75 Å². The lowest BCUT2D eigenvalue weighted by atomic mass is 9.69. The summed E-state index contributed by atoms with van der Waals surface area (Å²) in [5, 5.41) is 0. The topological polar surface area (TPSA) is 56.5 Å². The average Bonchev–Trinajstić information content (AvgIpc) is 2.47. The van der Waals surface area contributed by atoms with E-state index in [1.54, 1.807) is 7.11 Å². The Balaban J connectivity index is 1.82. The van der Waals surface area contributed by atoms with Crippen molar-refractivity contribution < 1.29 is 9.47 Å². The molecule has 1 aromatic carbocycles. The second kappa shape index (κ2) is 5.72. The molecule has 1 saturated heterocycles. The Bertz CT molecular complexity index is 460. The van der Waals surface area contributed by atoms with E-state index in [1.807, 2.05) is 18.2 Å². The summed E-state index contributed by atoms with van der Waals surface area (Å²) in [6.07, 6.45) is 5.84. The van der Waals surface area contributed by atoms with Gasteiger partial charge in [-0.1, -0.05) is 18.2 Å². The molecule has 1 saturated carbocycles. The molecule has 2 fully saturated rings. The van der Waals surface area contributed by atoms with Crippen molar-refractivity contribution in [1.82, 2.24) is 5.43 Å². The van der Waals surface area contributed by atoms with Crippen molar-refractivity contribution in [2.45, 2.75) is 43.7 Å². The van der Waals surface area contributed by atoms with E-state index in [2.05, 4.69) is 11.5 Å². The molecule has 3 N–H and O–H groups in total. The lowest BCUT2D eigenvalue weighted by Crippen LogP contribution is -2.48. The second-order valence-electron chi connectivity index (χ2n) is 6.02. The van der Waals surface area contributed by atoms with Gasteiger partial charge in [0.25, 0.3) is 0 Å². The van der Waals surface area contributed by atoms with E-state index in [4.69, 9.17) is 15.3 Å². The molecule has 0 amide bonds. The lowest BCUT2D eigenvalue weighted by Gasteiger charge is -2.48. The smallest absolute Gasteiger partial charge is 0.123 e. The fourth-order valence-corrected chi connectivity index (χ4v) is 3.67. The zero-order valence-electron chi connectivity index (χ0n) is 12.1. The maximum atomic E-state index is 6.02. The molecule has 0 radical (unpaired) electrons. The van der Waals surface area contributed by atoms with Crippen molar-refractivity contribution in [3.63, 3.8) is 0 Å². The van der Waals surface area contributed by atoms with Gasteiger partial charge in [0, 0.05) is 12.2 Å². The number of hydrogen-bond acceptors (Lipinski definition) is 4. The van der Waals surface area contributed by atoms with E-state index in [0.29, 0.717) is 5.92 Å². The molecule has 1 heterocycles. The van der Waals surface area contributed by atoms with Gasteiger partial charge in [0.2, 0.25) is 0 Å². The Labute approximate surface area is 120 Å². The third-order valence-electron chi connectivity index (χ3n) is 4.92. The maximum Gasteiger partial charge on any atom is 0.123 e. The normalized spacial score (nSPS) is 26.0. The van der Waals surface area contributed by atoms with Crippen LogP contribution in [0.1, 0.15) is 43.7 Å². The van der Waals surface area contributed by atoms with Crippen LogP contribution in [0.15, 0.2) is 24.3 Å². The molecule has 1 spiro atoms. The summed E-state index contributed by atoms with van der Waals surface area (Å²) in [5.41, 5.74) is 4.30. The number of rotatable bonds is 4. The molecule has 1 aromatic rings. The van der Waals surface area contributed by atoms with Gasteiger partial charge in [-0.15, -0.1) is 0 Å². The van der Waals surface area contributed by atoms with Crippen LogP contribution in [0.4, 0.5) is 0 Å². The molecule has 1 aliphatic carbocycles. The van der Waals surface area contributed by atoms with E-state index >= 15 is 0 Å². The number of nitrogens with one attached hydrogen (secondary N) is 1. The molecule has 2 atom stereocenters. The Morgan fingerprint density at radius 3 is 2.85 bits per heavy atom. The summed E-state index contributed by atoms with van der Waals surface area (Å²) < 4.78 is 11.5. The zero-order valence-corrected chi connectivity index (χ0v) is 12.1. The highest BCUT2D eigenvalue weighted by Gasteiger charge is 2.44. The Kier molecular flexibility index (Phi) is 3.96. The summed E-state index contributed by atoms with van der Waals surface area (Å²) >= 11 is 0. The number of ether oxygens (including phenoxy) is 2. The molecule has 0 bridgehead atoms. The van der Waals surface area contributed by atoms with Crippen LogP contribution in [-0.2, 0) is 4.74 Å². The van der Waals surface area contributed by atoms with Gasteiger partial charge in [-0.2, -0.15) is 0 Å². The molecular formula is C16H24N2O2. The quantitative estimate of drug-likeness (QED) is 0.655. The van der Waals surface area contributed by atoms with Crippen molar-refractivity contribution in [3.8, 4) is 5.75 Å². The minimum Gasteiger partial charge on any atom is -0.496 e. The molecule has 4 heteroatoms. The molecule has 2 unspecified atom stereocenters. The molecule has 1 aliphatic heterocycles. The van der Waals surface area contributed by atoms with Crippen LogP contribution in [0, 0.1) is 5.92 Å². The van der Waals surface area contributed by atoms with Crippen LogP contribution in [0.2, 0.25) is 0 Å². The number of methoxy groups -OCH3 is 1. The second-order valence-corrected chi connectivity index (χ2v) is 6.02. The Hall–Kier alpha value is -1.10. The zero-order chi connectivity index (χ0) is 14.0. The summed E-state index contributed by atoms with van der Waals surface area (Å²) in [6.45, 7) is 0.845. The summed E-state index contributed by atoms with van der Waals surface area (Å²) in [4.78, 5) is 0. The number of hydrazine groups is 1. The van der Waals surface area contributed by atoms with Crippen LogP contribution < -0.4 is 16.0 Å². The maximum absolute atomic E-state index is 6.02. The average molecular weight is 276 g/mol. The fourth-order valence-electron chi connectivity index (χ4n) is 3.67. The van der Waals surface area contributed by atoms with Crippen molar-refractivity contribution in [2.75, 3.05) is 13.7 Å². The van der Waals surface area contributed by atoms with E-state index in [9.17, 15) is 0 Å². The third kappa shape index (κ3) is 2.43. The molecule has 2 aliphatic rings. The van der Waals surface area contributed by atoms with Gasteiger partial charge < -0.3 is 9.47 Å². The highest BCUT2D eigenvalue weighted by Crippen LogP contribution is 2.47. The largest absolute Gasteiger partial charge is 0.496 e. The predicted molar refractivity (Wildman–Crippen MR) is 78.3 cm³/mol. The minimum atomic E-state index is 0.132. The summed E-state index contributed by atoms with van der Waals surface area (Å²) in [7, 11) is 1.71. The summed E-state index contributed by atoms with van der Waals surface area (Å²) in [5.74, 6) is 7.27. The van der Waals surface area contributed by atoms with Crippen LogP contribution in [-0.4, -0.2) is 19.3 Å². The van der Waals surface area contributed by atoms with Crippen LogP contribution >= 0.6 is 0 Å². The number of nitrogens with two attached hydrogens (primary N) is 1. The third-order valence-corrected chi connectivity index (χ3v) is 4.92. The number of hydrogen-bond donors (Lipinski definition) is 2. The first kappa shape index (κ1) is 13.9. The van der Waals surface area contributed by atoms with E-state index in [0.717, 1.165) is 30.8 Å². The van der Waals surface area contributed by atoms with Gasteiger partial charge in [0.05, 0.1) is 18.8 Å². The standard InChI is InChI=1S/C16H24N2O2/c1-19-14-6-3-2-5-13(14)15(18-17)12-7-10-20-16(11-12)8-4-9-16/h2-3,5-6,12,15,18H,4,7-11,17H2,1H3.